The number of nitrogens with two attached hydrogens (primary N) is 1. The van der Waals surface area contributed by atoms with Gasteiger partial charge in [-0.25, -0.2) is 0 Å². The summed E-state index contributed by atoms with van der Waals surface area (Å²) in [5.74, 6) is 0.712. The van der Waals surface area contributed by atoms with Crippen LogP contribution < -0.4 is 5.73 Å². The fraction of sp³-hybridized carbons (Fsp3) is 0.929. The molecule has 1 aliphatic carbocycles. The Morgan fingerprint density at radius 3 is 2.72 bits per heavy atom. The maximum Gasteiger partial charge on any atom is 0.225 e. The van der Waals surface area contributed by atoms with Crippen LogP contribution in [0.15, 0.2) is 0 Å². The van der Waals surface area contributed by atoms with Crippen LogP contribution >= 0.6 is 0 Å². The summed E-state index contributed by atoms with van der Waals surface area (Å²) in [5, 5.41) is 0. The molecule has 4 heteroatoms. The van der Waals surface area contributed by atoms with E-state index in [1.54, 1.807) is 7.11 Å². The monoisotopic (exact) mass is 254 g/mol. The van der Waals surface area contributed by atoms with E-state index in [0.29, 0.717) is 12.3 Å². The molecule has 2 N–H and O–H groups in total. The average molecular weight is 254 g/mol. The minimum atomic E-state index is -0.154. The molecule has 1 saturated carbocycles. The summed E-state index contributed by atoms with van der Waals surface area (Å²) < 4.78 is 5.54. The van der Waals surface area contributed by atoms with Crippen molar-refractivity contribution in [1.29, 1.82) is 0 Å². The van der Waals surface area contributed by atoms with Crippen LogP contribution in [0.2, 0.25) is 0 Å². The number of piperidine rings is 1. The van der Waals surface area contributed by atoms with Gasteiger partial charge in [-0.2, -0.15) is 0 Å². The smallest absolute Gasteiger partial charge is 0.225 e. The van der Waals surface area contributed by atoms with Crippen LogP contribution in [-0.4, -0.2) is 42.6 Å². The molecule has 0 aromatic heterocycles. The number of rotatable bonds is 4. The van der Waals surface area contributed by atoms with Gasteiger partial charge in [-0.1, -0.05) is 13.3 Å². The van der Waals surface area contributed by atoms with E-state index < -0.39 is 0 Å². The highest BCUT2D eigenvalue weighted by Crippen LogP contribution is 2.38. The maximum atomic E-state index is 12.3. The topological polar surface area (TPSA) is 55.6 Å². The molecule has 2 rings (SSSR count). The van der Waals surface area contributed by atoms with Crippen molar-refractivity contribution in [2.75, 3.05) is 20.2 Å². The van der Waals surface area contributed by atoms with Gasteiger partial charge in [-0.15, -0.1) is 0 Å². The van der Waals surface area contributed by atoms with Crippen LogP contribution in [0.25, 0.3) is 0 Å². The van der Waals surface area contributed by atoms with Gasteiger partial charge >= 0.3 is 0 Å². The molecule has 2 atom stereocenters. The van der Waals surface area contributed by atoms with E-state index in [1.807, 2.05) is 4.90 Å². The number of methoxy groups -OCH3 is 1. The molecule has 2 aliphatic rings. The predicted molar refractivity (Wildman–Crippen MR) is 71.2 cm³/mol. The zero-order chi connectivity index (χ0) is 13.2. The Morgan fingerprint density at radius 1 is 1.50 bits per heavy atom. The Morgan fingerprint density at radius 2 is 2.22 bits per heavy atom. The van der Waals surface area contributed by atoms with Crippen LogP contribution in [0.4, 0.5) is 0 Å². The Balaban J connectivity index is 1.89. The molecule has 2 fully saturated rings. The Labute approximate surface area is 110 Å². The Hall–Kier alpha value is -0.610. The fourth-order valence-corrected chi connectivity index (χ4v) is 3.12. The highest BCUT2D eigenvalue weighted by molar-refractivity contribution is 5.77. The van der Waals surface area contributed by atoms with Crippen LogP contribution in [0.1, 0.15) is 45.4 Å². The second kappa shape index (κ2) is 5.57. The summed E-state index contributed by atoms with van der Waals surface area (Å²) >= 11 is 0. The zero-order valence-corrected chi connectivity index (χ0v) is 11.7. The molecule has 18 heavy (non-hydrogen) atoms. The van der Waals surface area contributed by atoms with Gasteiger partial charge in [0.1, 0.15) is 0 Å². The van der Waals surface area contributed by atoms with E-state index in [0.717, 1.165) is 38.8 Å². The lowest BCUT2D eigenvalue weighted by atomic mass is 9.77. The molecular formula is C14H26N2O2. The molecule has 0 aromatic rings. The summed E-state index contributed by atoms with van der Waals surface area (Å²) in [5.41, 5.74) is 5.93. The van der Waals surface area contributed by atoms with E-state index in [-0.39, 0.29) is 17.6 Å². The number of likely N-dealkylation sites (tertiary alicyclic amines) is 1. The van der Waals surface area contributed by atoms with Crippen LogP contribution in [0.5, 0.6) is 0 Å². The molecule has 2 unspecified atom stereocenters. The lowest BCUT2D eigenvalue weighted by molar-refractivity contribution is -0.146. The second-order valence-corrected chi connectivity index (χ2v) is 5.88. The quantitative estimate of drug-likeness (QED) is 0.828. The van der Waals surface area contributed by atoms with E-state index in [2.05, 4.69) is 6.92 Å². The number of amides is 1. The molecule has 104 valence electrons. The summed E-state index contributed by atoms with van der Waals surface area (Å²) in [4.78, 5) is 14.3. The van der Waals surface area contributed by atoms with Gasteiger partial charge < -0.3 is 15.4 Å². The van der Waals surface area contributed by atoms with Crippen molar-refractivity contribution in [3.05, 3.63) is 0 Å². The minimum Gasteiger partial charge on any atom is -0.378 e. The third kappa shape index (κ3) is 2.69. The predicted octanol–water partition coefficient (Wildman–Crippen LogP) is 1.53. The molecule has 4 nitrogen and oxygen atoms in total. The number of hydrogen-bond acceptors (Lipinski definition) is 3. The van der Waals surface area contributed by atoms with Gasteiger partial charge in [-0.05, 0) is 31.6 Å². The number of ether oxygens (including phenoxy) is 1. The molecule has 1 heterocycles. The Kier molecular flexibility index (Phi) is 4.28. The van der Waals surface area contributed by atoms with Crippen LogP contribution in [0.3, 0.4) is 0 Å². The van der Waals surface area contributed by atoms with Crippen LogP contribution in [-0.2, 0) is 9.53 Å². The standard InChI is InChI=1S/C14H26N2O2/c1-3-11-10-16(8-5-12(11)15)13(17)9-14(18-2)6-4-7-14/h11-12H,3-10,15H2,1-2H3. The molecular weight excluding hydrogens is 228 g/mol. The fourth-order valence-electron chi connectivity index (χ4n) is 3.12. The third-order valence-corrected chi connectivity index (χ3v) is 4.84. The van der Waals surface area contributed by atoms with Crippen molar-refractivity contribution < 1.29 is 9.53 Å². The minimum absolute atomic E-state index is 0.154. The van der Waals surface area contributed by atoms with E-state index in [9.17, 15) is 4.79 Å². The van der Waals surface area contributed by atoms with Crippen molar-refractivity contribution >= 4 is 5.91 Å². The van der Waals surface area contributed by atoms with Crippen molar-refractivity contribution in [1.82, 2.24) is 4.90 Å². The molecule has 0 spiro atoms. The van der Waals surface area contributed by atoms with Gasteiger partial charge in [0.2, 0.25) is 5.91 Å². The summed E-state index contributed by atoms with van der Waals surface area (Å²) in [7, 11) is 1.73. The number of carbonyl (C=O) groups is 1. The summed E-state index contributed by atoms with van der Waals surface area (Å²) in [6.45, 7) is 3.80. The van der Waals surface area contributed by atoms with E-state index in [4.69, 9.17) is 10.5 Å². The molecule has 1 saturated heterocycles. The zero-order valence-electron chi connectivity index (χ0n) is 11.7. The van der Waals surface area contributed by atoms with Crippen molar-refractivity contribution in [2.45, 2.75) is 57.1 Å². The highest BCUT2D eigenvalue weighted by Gasteiger charge is 2.40. The number of carbonyl (C=O) groups excluding carboxylic acids is 1. The van der Waals surface area contributed by atoms with Gasteiger partial charge in [0.25, 0.3) is 0 Å². The number of nitrogens with zero attached hydrogens (tertiary/aromatic N) is 1. The van der Waals surface area contributed by atoms with Gasteiger partial charge in [0.15, 0.2) is 0 Å². The lowest BCUT2D eigenvalue weighted by Crippen LogP contribution is -2.51. The van der Waals surface area contributed by atoms with Gasteiger partial charge in [-0.3, -0.25) is 4.79 Å². The first-order chi connectivity index (χ1) is 8.60. The largest absolute Gasteiger partial charge is 0.378 e. The van der Waals surface area contributed by atoms with E-state index >= 15 is 0 Å². The van der Waals surface area contributed by atoms with Crippen molar-refractivity contribution in [3.63, 3.8) is 0 Å². The molecule has 0 radical (unpaired) electrons. The molecule has 0 bridgehead atoms. The first-order valence-corrected chi connectivity index (χ1v) is 7.19. The summed E-state index contributed by atoms with van der Waals surface area (Å²) in [6.07, 6.45) is 5.78. The molecule has 1 amide bonds. The van der Waals surface area contributed by atoms with Crippen LogP contribution in [0, 0.1) is 5.92 Å². The van der Waals surface area contributed by atoms with Gasteiger partial charge in [0, 0.05) is 26.2 Å². The maximum absolute atomic E-state index is 12.3. The first-order valence-electron chi connectivity index (χ1n) is 7.19. The third-order valence-electron chi connectivity index (χ3n) is 4.84. The molecule has 1 aliphatic heterocycles. The average Bonchev–Trinajstić information content (AvgIpc) is 2.34. The second-order valence-electron chi connectivity index (χ2n) is 5.88. The van der Waals surface area contributed by atoms with Gasteiger partial charge in [0.05, 0.1) is 12.0 Å². The molecule has 0 aromatic carbocycles. The normalized spacial score (nSPS) is 30.9. The van der Waals surface area contributed by atoms with Crippen molar-refractivity contribution in [2.24, 2.45) is 11.7 Å². The first kappa shape index (κ1) is 13.8. The summed E-state index contributed by atoms with van der Waals surface area (Å²) in [6, 6.07) is 0.263. The highest BCUT2D eigenvalue weighted by atomic mass is 16.5. The lowest BCUT2D eigenvalue weighted by Gasteiger charge is -2.43. The number of hydrogen-bond donors (Lipinski definition) is 1. The van der Waals surface area contributed by atoms with E-state index in [1.165, 1.54) is 6.42 Å². The van der Waals surface area contributed by atoms with Crippen molar-refractivity contribution in [3.8, 4) is 0 Å². The Bertz CT molecular complexity index is 297. The SMILES string of the molecule is CCC1CN(C(=O)CC2(OC)CCC2)CCC1N.